The van der Waals surface area contributed by atoms with Crippen LogP contribution in [-0.2, 0) is 4.74 Å². The minimum Gasteiger partial charge on any atom is -0.372 e. The van der Waals surface area contributed by atoms with Gasteiger partial charge < -0.3 is 9.64 Å². The second-order valence-electron chi connectivity index (χ2n) is 7.67. The Balaban J connectivity index is 1.34. The van der Waals surface area contributed by atoms with Gasteiger partial charge in [-0.2, -0.15) is 0 Å². The summed E-state index contributed by atoms with van der Waals surface area (Å²) in [7, 11) is 0. The maximum Gasteiger partial charge on any atom is 0.259 e. The zero-order chi connectivity index (χ0) is 20.7. The molecule has 2 aromatic heterocycles. The molecule has 2 atom stereocenters. The monoisotopic (exact) mass is 418 g/mol. The summed E-state index contributed by atoms with van der Waals surface area (Å²) in [4.78, 5) is 24.1. The standard InChI is InChI=1S/C23H22N4O2S/c1-14-12-27(13-15(2)29-14)20-10-8-17(11-24-20)22(28)26-23-25-21-18-6-4-3-5-16(18)7-9-19(21)30-23/h3-11,14-15H,12-13H2,1-2H3,(H,25,26,28). The molecule has 1 aliphatic rings. The first-order chi connectivity index (χ1) is 14.6. The van der Waals surface area contributed by atoms with Crippen LogP contribution in [0.2, 0.25) is 0 Å². The highest BCUT2D eigenvalue weighted by molar-refractivity contribution is 7.22. The Kier molecular flexibility index (Phi) is 4.84. The molecular formula is C23H22N4O2S. The molecule has 2 unspecified atom stereocenters. The molecule has 1 fully saturated rings. The van der Waals surface area contributed by atoms with Crippen molar-refractivity contribution in [3.8, 4) is 0 Å². The van der Waals surface area contributed by atoms with Gasteiger partial charge in [0.1, 0.15) is 5.82 Å². The smallest absolute Gasteiger partial charge is 0.259 e. The van der Waals surface area contributed by atoms with Crippen molar-refractivity contribution < 1.29 is 9.53 Å². The number of amides is 1. The summed E-state index contributed by atoms with van der Waals surface area (Å²) in [5.41, 5.74) is 1.43. The summed E-state index contributed by atoms with van der Waals surface area (Å²) >= 11 is 1.48. The Hall–Kier alpha value is -3.03. The molecule has 2 aromatic carbocycles. The van der Waals surface area contributed by atoms with E-state index in [1.165, 1.54) is 11.3 Å². The number of thiazole rings is 1. The number of aromatic nitrogens is 2. The number of nitrogens with zero attached hydrogens (tertiary/aromatic N) is 3. The molecule has 1 aliphatic heterocycles. The fourth-order valence-corrected chi connectivity index (χ4v) is 4.83. The second kappa shape index (κ2) is 7.66. The van der Waals surface area contributed by atoms with E-state index in [9.17, 15) is 4.79 Å². The number of anilines is 2. The predicted octanol–water partition coefficient (Wildman–Crippen LogP) is 4.71. The Morgan fingerprint density at radius 1 is 1.10 bits per heavy atom. The summed E-state index contributed by atoms with van der Waals surface area (Å²) in [5.74, 6) is 0.654. The van der Waals surface area contributed by atoms with E-state index in [0.717, 1.165) is 39.9 Å². The largest absolute Gasteiger partial charge is 0.372 e. The lowest BCUT2D eigenvalue weighted by molar-refractivity contribution is -0.00546. The zero-order valence-electron chi connectivity index (χ0n) is 16.8. The van der Waals surface area contributed by atoms with Gasteiger partial charge in [0.2, 0.25) is 0 Å². The highest BCUT2D eigenvalue weighted by Crippen LogP contribution is 2.32. The lowest BCUT2D eigenvalue weighted by Crippen LogP contribution is -2.45. The van der Waals surface area contributed by atoms with Crippen LogP contribution in [0, 0.1) is 0 Å². The highest BCUT2D eigenvalue weighted by Gasteiger charge is 2.23. The van der Waals surface area contributed by atoms with Crippen molar-refractivity contribution >= 4 is 49.2 Å². The van der Waals surface area contributed by atoms with E-state index in [4.69, 9.17) is 4.74 Å². The van der Waals surface area contributed by atoms with Gasteiger partial charge in [0.15, 0.2) is 5.13 Å². The summed E-state index contributed by atoms with van der Waals surface area (Å²) in [5, 5.41) is 5.74. The Labute approximate surface area is 178 Å². The minimum absolute atomic E-state index is 0.161. The van der Waals surface area contributed by atoms with Crippen molar-refractivity contribution in [2.75, 3.05) is 23.3 Å². The van der Waals surface area contributed by atoms with E-state index in [0.29, 0.717) is 10.7 Å². The molecule has 0 bridgehead atoms. The third-order valence-corrected chi connectivity index (χ3v) is 6.19. The fraction of sp³-hybridized carbons (Fsp3) is 0.261. The van der Waals surface area contributed by atoms with Crippen LogP contribution < -0.4 is 10.2 Å². The first kappa shape index (κ1) is 19.0. The topological polar surface area (TPSA) is 67.4 Å². The maximum atomic E-state index is 12.7. The molecule has 4 aromatic rings. The van der Waals surface area contributed by atoms with Crippen molar-refractivity contribution in [2.24, 2.45) is 0 Å². The van der Waals surface area contributed by atoms with Gasteiger partial charge in [-0.25, -0.2) is 9.97 Å². The summed E-state index contributed by atoms with van der Waals surface area (Å²) < 4.78 is 6.83. The van der Waals surface area contributed by atoms with E-state index >= 15 is 0 Å². The van der Waals surface area contributed by atoms with Crippen LogP contribution in [-0.4, -0.2) is 41.2 Å². The number of morpholine rings is 1. The van der Waals surface area contributed by atoms with Crippen molar-refractivity contribution in [3.05, 3.63) is 60.3 Å². The van der Waals surface area contributed by atoms with Gasteiger partial charge in [-0.15, -0.1) is 0 Å². The molecule has 7 heteroatoms. The van der Waals surface area contributed by atoms with Gasteiger partial charge in [0.05, 0.1) is 28.0 Å². The van der Waals surface area contributed by atoms with Crippen LogP contribution in [0.25, 0.3) is 21.0 Å². The highest BCUT2D eigenvalue weighted by atomic mass is 32.1. The van der Waals surface area contributed by atoms with Crippen LogP contribution in [0.15, 0.2) is 54.7 Å². The predicted molar refractivity (Wildman–Crippen MR) is 122 cm³/mol. The van der Waals surface area contributed by atoms with Crippen LogP contribution >= 0.6 is 11.3 Å². The van der Waals surface area contributed by atoms with Gasteiger partial charge >= 0.3 is 0 Å². The summed E-state index contributed by atoms with van der Waals surface area (Å²) in [6.45, 7) is 5.71. The number of carbonyl (C=O) groups is 1. The molecule has 30 heavy (non-hydrogen) atoms. The second-order valence-corrected chi connectivity index (χ2v) is 8.70. The van der Waals surface area contributed by atoms with E-state index in [1.54, 1.807) is 6.20 Å². The van der Waals surface area contributed by atoms with Crippen LogP contribution in [0.3, 0.4) is 0 Å². The van der Waals surface area contributed by atoms with Gasteiger partial charge in [0.25, 0.3) is 5.91 Å². The SMILES string of the molecule is CC1CN(c2ccc(C(=O)Nc3nc4c(ccc5ccccc54)s3)cn2)CC(C)O1. The Bertz CT molecular complexity index is 1210. The quantitative estimate of drug-likeness (QED) is 0.522. The fourth-order valence-electron chi connectivity index (χ4n) is 3.96. The van der Waals surface area contributed by atoms with Gasteiger partial charge in [-0.05, 0) is 37.4 Å². The first-order valence-corrected chi connectivity index (χ1v) is 10.8. The number of pyridine rings is 1. The molecule has 1 N–H and O–H groups in total. The molecule has 0 saturated carbocycles. The normalized spacial score (nSPS) is 19.3. The number of hydrogen-bond donors (Lipinski definition) is 1. The zero-order valence-corrected chi connectivity index (χ0v) is 17.6. The van der Waals surface area contributed by atoms with Crippen LogP contribution in [0.5, 0.6) is 0 Å². The van der Waals surface area contributed by atoms with Crippen LogP contribution in [0.1, 0.15) is 24.2 Å². The van der Waals surface area contributed by atoms with E-state index in [1.807, 2.05) is 30.3 Å². The molecule has 1 amide bonds. The minimum atomic E-state index is -0.207. The van der Waals surface area contributed by atoms with Crippen LogP contribution in [0.4, 0.5) is 10.9 Å². The third-order valence-electron chi connectivity index (χ3n) is 5.26. The molecule has 1 saturated heterocycles. The number of ether oxygens (including phenoxy) is 1. The average molecular weight is 419 g/mol. The van der Waals surface area contributed by atoms with Gasteiger partial charge in [0, 0.05) is 24.7 Å². The van der Waals surface area contributed by atoms with Crippen molar-refractivity contribution in [3.63, 3.8) is 0 Å². The molecule has 0 aliphatic carbocycles. The molecule has 3 heterocycles. The number of fused-ring (bicyclic) bond motifs is 3. The lowest BCUT2D eigenvalue weighted by Gasteiger charge is -2.36. The molecule has 6 nitrogen and oxygen atoms in total. The molecule has 0 spiro atoms. The number of rotatable bonds is 3. The number of hydrogen-bond acceptors (Lipinski definition) is 6. The van der Waals surface area contributed by atoms with Gasteiger partial charge in [-0.3, -0.25) is 10.1 Å². The van der Waals surface area contributed by atoms with Crippen molar-refractivity contribution in [2.45, 2.75) is 26.1 Å². The molecule has 5 rings (SSSR count). The number of nitrogens with one attached hydrogen (secondary N) is 1. The Morgan fingerprint density at radius 2 is 1.90 bits per heavy atom. The third kappa shape index (κ3) is 3.62. The Morgan fingerprint density at radius 3 is 2.67 bits per heavy atom. The van der Waals surface area contributed by atoms with E-state index < -0.39 is 0 Å². The van der Waals surface area contributed by atoms with E-state index in [-0.39, 0.29) is 18.1 Å². The number of carbonyl (C=O) groups excluding carboxylic acids is 1. The molecule has 152 valence electrons. The van der Waals surface area contributed by atoms with E-state index in [2.05, 4.69) is 52.2 Å². The maximum absolute atomic E-state index is 12.7. The van der Waals surface area contributed by atoms with Crippen molar-refractivity contribution in [1.29, 1.82) is 0 Å². The lowest BCUT2D eigenvalue weighted by atomic mass is 10.1. The number of benzene rings is 2. The molecule has 0 radical (unpaired) electrons. The molecular weight excluding hydrogens is 396 g/mol. The first-order valence-electron chi connectivity index (χ1n) is 10.0. The summed E-state index contributed by atoms with van der Waals surface area (Å²) in [6.07, 6.45) is 1.94. The van der Waals surface area contributed by atoms with Gasteiger partial charge in [-0.1, -0.05) is 41.7 Å². The average Bonchev–Trinajstić information content (AvgIpc) is 3.16. The summed E-state index contributed by atoms with van der Waals surface area (Å²) in [6, 6.07) is 16.0. The van der Waals surface area contributed by atoms with Crippen molar-refractivity contribution in [1.82, 2.24) is 9.97 Å².